The SMILES string of the molecule is CCN(c1cccc(Cl)c1C)S(=O)(=O)c1cc([N+](=O)[O-])ccc1C. The van der Waals surface area contributed by atoms with Crippen LogP contribution in [0.1, 0.15) is 18.1 Å². The van der Waals surface area contributed by atoms with Gasteiger partial charge in [-0.3, -0.25) is 14.4 Å². The summed E-state index contributed by atoms with van der Waals surface area (Å²) >= 11 is 6.10. The highest BCUT2D eigenvalue weighted by atomic mass is 35.5. The van der Waals surface area contributed by atoms with E-state index in [0.717, 1.165) is 6.07 Å². The number of sulfonamides is 1. The zero-order valence-corrected chi connectivity index (χ0v) is 15.1. The number of rotatable bonds is 5. The largest absolute Gasteiger partial charge is 0.270 e. The number of non-ortho nitro benzene ring substituents is 1. The van der Waals surface area contributed by atoms with Gasteiger partial charge in [0.05, 0.1) is 15.5 Å². The second kappa shape index (κ2) is 6.78. The summed E-state index contributed by atoms with van der Waals surface area (Å²) in [6.45, 7) is 5.21. The number of hydrogen-bond donors (Lipinski definition) is 0. The molecule has 2 aromatic rings. The van der Waals surface area contributed by atoms with Gasteiger partial charge in [0, 0.05) is 23.7 Å². The Bertz CT molecular complexity index is 897. The molecule has 0 fully saturated rings. The van der Waals surface area contributed by atoms with Crippen LogP contribution in [0.2, 0.25) is 5.02 Å². The fourth-order valence-electron chi connectivity index (χ4n) is 2.44. The van der Waals surface area contributed by atoms with E-state index in [1.165, 1.54) is 16.4 Å². The maximum Gasteiger partial charge on any atom is 0.270 e. The van der Waals surface area contributed by atoms with Crippen LogP contribution in [0.4, 0.5) is 11.4 Å². The highest BCUT2D eigenvalue weighted by Gasteiger charge is 2.28. The molecule has 8 heteroatoms. The maximum atomic E-state index is 13.1. The number of nitro benzene ring substituents is 1. The van der Waals surface area contributed by atoms with Crippen molar-refractivity contribution >= 4 is 33.0 Å². The van der Waals surface area contributed by atoms with Crippen molar-refractivity contribution in [2.24, 2.45) is 0 Å². The molecule has 24 heavy (non-hydrogen) atoms. The smallest absolute Gasteiger partial charge is 0.266 e. The van der Waals surface area contributed by atoms with E-state index in [4.69, 9.17) is 11.6 Å². The summed E-state index contributed by atoms with van der Waals surface area (Å²) in [6.07, 6.45) is 0. The van der Waals surface area contributed by atoms with E-state index in [1.54, 1.807) is 39.0 Å². The summed E-state index contributed by atoms with van der Waals surface area (Å²) in [5, 5.41) is 11.4. The second-order valence-corrected chi connectivity index (χ2v) is 7.50. The van der Waals surface area contributed by atoms with Gasteiger partial charge in [-0.15, -0.1) is 0 Å². The molecule has 0 amide bonds. The molecule has 0 heterocycles. The standard InChI is InChI=1S/C16H17ClN2O4S/c1-4-18(15-7-5-6-14(17)12(15)3)24(22,23)16-10-13(19(20)21)9-8-11(16)2/h5-10H,4H2,1-3H3. The molecule has 2 aromatic carbocycles. The van der Waals surface area contributed by atoms with Crippen LogP contribution in [0.25, 0.3) is 0 Å². The Morgan fingerprint density at radius 3 is 2.46 bits per heavy atom. The third-order valence-corrected chi connectivity index (χ3v) is 6.19. The fraction of sp³-hybridized carbons (Fsp3) is 0.250. The van der Waals surface area contributed by atoms with Crippen molar-refractivity contribution in [1.82, 2.24) is 0 Å². The fourth-order valence-corrected chi connectivity index (χ4v) is 4.38. The summed E-state index contributed by atoms with van der Waals surface area (Å²) < 4.78 is 27.4. The number of nitro groups is 1. The molecule has 0 saturated heterocycles. The number of nitrogens with zero attached hydrogens (tertiary/aromatic N) is 2. The molecule has 0 unspecified atom stereocenters. The Balaban J connectivity index is 2.66. The molecule has 0 spiro atoms. The predicted molar refractivity (Wildman–Crippen MR) is 94.2 cm³/mol. The van der Waals surface area contributed by atoms with E-state index >= 15 is 0 Å². The molecule has 0 atom stereocenters. The van der Waals surface area contributed by atoms with Gasteiger partial charge in [-0.05, 0) is 44.0 Å². The number of benzene rings is 2. The predicted octanol–water partition coefficient (Wildman–Crippen LogP) is 4.08. The first-order valence-electron chi connectivity index (χ1n) is 7.23. The minimum absolute atomic E-state index is 0.0853. The molecule has 0 aromatic heterocycles. The number of halogens is 1. The van der Waals surface area contributed by atoms with Crippen molar-refractivity contribution < 1.29 is 13.3 Å². The van der Waals surface area contributed by atoms with Crippen molar-refractivity contribution in [2.75, 3.05) is 10.8 Å². The molecule has 0 N–H and O–H groups in total. The van der Waals surface area contributed by atoms with Gasteiger partial charge in [0.1, 0.15) is 0 Å². The van der Waals surface area contributed by atoms with E-state index in [9.17, 15) is 18.5 Å². The lowest BCUT2D eigenvalue weighted by atomic mass is 10.2. The zero-order chi connectivity index (χ0) is 18.1. The number of anilines is 1. The van der Waals surface area contributed by atoms with E-state index in [0.29, 0.717) is 21.8 Å². The highest BCUT2D eigenvalue weighted by Crippen LogP contribution is 2.32. The number of hydrogen-bond acceptors (Lipinski definition) is 4. The van der Waals surface area contributed by atoms with Crippen LogP contribution in [-0.4, -0.2) is 19.9 Å². The Morgan fingerprint density at radius 2 is 1.88 bits per heavy atom. The first-order chi connectivity index (χ1) is 11.2. The Kier molecular flexibility index (Phi) is 5.15. The van der Waals surface area contributed by atoms with E-state index in [-0.39, 0.29) is 17.1 Å². The lowest BCUT2D eigenvalue weighted by Crippen LogP contribution is -2.32. The van der Waals surface area contributed by atoms with Crippen LogP contribution in [0.15, 0.2) is 41.3 Å². The monoisotopic (exact) mass is 368 g/mol. The lowest BCUT2D eigenvalue weighted by Gasteiger charge is -2.25. The van der Waals surface area contributed by atoms with Crippen LogP contribution in [0.5, 0.6) is 0 Å². The molecule has 0 aliphatic carbocycles. The van der Waals surface area contributed by atoms with Gasteiger partial charge in [-0.1, -0.05) is 23.7 Å². The Labute approximate surface area is 145 Å². The normalized spacial score (nSPS) is 11.3. The van der Waals surface area contributed by atoms with Crippen LogP contribution < -0.4 is 4.31 Å². The first kappa shape index (κ1) is 18.2. The summed E-state index contributed by atoms with van der Waals surface area (Å²) in [4.78, 5) is 10.3. The highest BCUT2D eigenvalue weighted by molar-refractivity contribution is 7.92. The minimum atomic E-state index is -3.96. The molecule has 0 radical (unpaired) electrons. The van der Waals surface area contributed by atoms with Crippen molar-refractivity contribution in [1.29, 1.82) is 0 Å². The molecule has 128 valence electrons. The third kappa shape index (κ3) is 3.22. The molecule has 0 aliphatic rings. The molecule has 6 nitrogen and oxygen atoms in total. The quantitative estimate of drug-likeness (QED) is 0.588. The molecule has 0 saturated carbocycles. The van der Waals surface area contributed by atoms with E-state index < -0.39 is 14.9 Å². The Hall–Kier alpha value is -2.12. The molecular formula is C16H17ClN2O4S. The van der Waals surface area contributed by atoms with E-state index in [2.05, 4.69) is 0 Å². The third-order valence-electron chi connectivity index (χ3n) is 3.75. The zero-order valence-electron chi connectivity index (χ0n) is 13.5. The molecular weight excluding hydrogens is 352 g/mol. The van der Waals surface area contributed by atoms with Crippen molar-refractivity contribution in [3.8, 4) is 0 Å². The van der Waals surface area contributed by atoms with Crippen molar-refractivity contribution in [3.05, 3.63) is 62.7 Å². The average molecular weight is 369 g/mol. The summed E-state index contributed by atoms with van der Waals surface area (Å²) in [5.41, 5.74) is 1.26. The first-order valence-corrected chi connectivity index (χ1v) is 9.04. The Morgan fingerprint density at radius 1 is 1.21 bits per heavy atom. The maximum absolute atomic E-state index is 13.1. The second-order valence-electron chi connectivity index (χ2n) is 5.26. The van der Waals surface area contributed by atoms with Gasteiger partial charge in [0.15, 0.2) is 0 Å². The number of aryl methyl sites for hydroxylation is 1. The van der Waals surface area contributed by atoms with Gasteiger partial charge in [-0.2, -0.15) is 0 Å². The molecule has 0 aliphatic heterocycles. The summed E-state index contributed by atoms with van der Waals surface area (Å²) in [6, 6.07) is 8.82. The molecule has 0 bridgehead atoms. The van der Waals surface area contributed by atoms with Gasteiger partial charge >= 0.3 is 0 Å². The van der Waals surface area contributed by atoms with Crippen molar-refractivity contribution in [2.45, 2.75) is 25.7 Å². The van der Waals surface area contributed by atoms with Crippen LogP contribution in [-0.2, 0) is 10.0 Å². The van der Waals surface area contributed by atoms with Gasteiger partial charge in [0.2, 0.25) is 0 Å². The van der Waals surface area contributed by atoms with Crippen LogP contribution in [0.3, 0.4) is 0 Å². The lowest BCUT2D eigenvalue weighted by molar-refractivity contribution is -0.385. The van der Waals surface area contributed by atoms with Crippen LogP contribution >= 0.6 is 11.6 Å². The minimum Gasteiger partial charge on any atom is -0.266 e. The van der Waals surface area contributed by atoms with Gasteiger partial charge in [-0.25, -0.2) is 8.42 Å². The topological polar surface area (TPSA) is 80.5 Å². The van der Waals surface area contributed by atoms with Gasteiger partial charge < -0.3 is 0 Å². The van der Waals surface area contributed by atoms with Crippen LogP contribution in [0, 0.1) is 24.0 Å². The average Bonchev–Trinajstić information content (AvgIpc) is 2.52. The van der Waals surface area contributed by atoms with E-state index in [1.807, 2.05) is 0 Å². The van der Waals surface area contributed by atoms with Gasteiger partial charge in [0.25, 0.3) is 15.7 Å². The summed E-state index contributed by atoms with van der Waals surface area (Å²) in [5.74, 6) is 0. The van der Waals surface area contributed by atoms with Crippen molar-refractivity contribution in [3.63, 3.8) is 0 Å². The summed E-state index contributed by atoms with van der Waals surface area (Å²) in [7, 11) is -3.96. The molecule has 2 rings (SSSR count).